The number of nitrogens with one attached hydrogen (secondary N) is 1. The predicted molar refractivity (Wildman–Crippen MR) is 79.8 cm³/mol. The summed E-state index contributed by atoms with van der Waals surface area (Å²) in [6.07, 6.45) is 1.20. The molecule has 1 fully saturated rings. The fraction of sp³-hybridized carbons (Fsp3) is 0.467. The summed E-state index contributed by atoms with van der Waals surface area (Å²) in [7, 11) is 1.71. The first kappa shape index (κ1) is 13.7. The third kappa shape index (κ3) is 2.53. The van der Waals surface area contributed by atoms with E-state index >= 15 is 0 Å². The van der Waals surface area contributed by atoms with Crippen LogP contribution < -0.4 is 19.9 Å². The molecule has 1 atom stereocenters. The summed E-state index contributed by atoms with van der Waals surface area (Å²) in [5.74, 6) is 0.269. The second-order valence-electron chi connectivity index (χ2n) is 5.45. The largest absolute Gasteiger partial charge is 0.489 e. The van der Waals surface area contributed by atoms with Gasteiger partial charge in [-0.15, -0.1) is 0 Å². The van der Waals surface area contributed by atoms with E-state index < -0.39 is 6.04 Å². The predicted octanol–water partition coefficient (Wildman–Crippen LogP) is 0.757. The molecular formula is C15H19N3O3. The molecule has 6 nitrogen and oxygen atoms in total. The lowest BCUT2D eigenvalue weighted by Crippen LogP contribution is -2.48. The van der Waals surface area contributed by atoms with E-state index in [4.69, 9.17) is 4.74 Å². The lowest BCUT2D eigenvalue weighted by molar-refractivity contribution is -0.126. The number of carbonyl (C=O) groups excluding carboxylic acids is 2. The number of fused-ring (bicyclic) bond motifs is 1. The quantitative estimate of drug-likeness (QED) is 0.873. The van der Waals surface area contributed by atoms with E-state index in [1.165, 1.54) is 13.3 Å². The van der Waals surface area contributed by atoms with E-state index in [0.717, 1.165) is 24.5 Å². The lowest BCUT2D eigenvalue weighted by Gasteiger charge is -2.34. The van der Waals surface area contributed by atoms with E-state index in [-0.39, 0.29) is 18.4 Å². The zero-order valence-electron chi connectivity index (χ0n) is 12.3. The first-order valence-electron chi connectivity index (χ1n) is 7.13. The van der Waals surface area contributed by atoms with Crippen LogP contribution in [0.3, 0.4) is 0 Å². The summed E-state index contributed by atoms with van der Waals surface area (Å²) in [4.78, 5) is 27.4. The molecule has 0 radical (unpaired) electrons. The van der Waals surface area contributed by atoms with Crippen molar-refractivity contribution in [3.05, 3.63) is 18.2 Å². The van der Waals surface area contributed by atoms with Gasteiger partial charge in [-0.25, -0.2) is 0 Å². The van der Waals surface area contributed by atoms with Crippen molar-refractivity contribution < 1.29 is 14.3 Å². The molecule has 21 heavy (non-hydrogen) atoms. The Hall–Kier alpha value is -2.24. The maximum atomic E-state index is 12.4. The zero-order chi connectivity index (χ0) is 15.0. The molecule has 1 aromatic rings. The second-order valence-corrected chi connectivity index (χ2v) is 5.45. The Kier molecular flexibility index (Phi) is 3.45. The van der Waals surface area contributed by atoms with Gasteiger partial charge in [0.05, 0.1) is 5.69 Å². The maximum absolute atomic E-state index is 12.4. The number of rotatable bonds is 2. The average molecular weight is 289 g/mol. The highest BCUT2D eigenvalue weighted by atomic mass is 16.5. The molecule has 1 saturated heterocycles. The molecule has 1 unspecified atom stereocenters. The SMILES string of the molecule is CC(=O)NC1COc2ccc(N3CCC3)cc2N(C)C1=O. The number of carbonyl (C=O) groups is 2. The first-order valence-corrected chi connectivity index (χ1v) is 7.13. The molecule has 0 aliphatic carbocycles. The van der Waals surface area contributed by atoms with Crippen LogP contribution in [0.1, 0.15) is 13.3 Å². The summed E-state index contributed by atoms with van der Waals surface area (Å²) in [5, 5.41) is 2.63. The fourth-order valence-corrected chi connectivity index (χ4v) is 2.61. The Morgan fingerprint density at radius 3 is 2.76 bits per heavy atom. The van der Waals surface area contributed by atoms with Gasteiger partial charge in [0.15, 0.2) is 0 Å². The Balaban J connectivity index is 1.89. The molecule has 0 spiro atoms. The highest BCUT2D eigenvalue weighted by Crippen LogP contribution is 2.35. The van der Waals surface area contributed by atoms with Crippen LogP contribution in [0.5, 0.6) is 5.75 Å². The Morgan fingerprint density at radius 1 is 1.38 bits per heavy atom. The molecule has 6 heteroatoms. The molecule has 0 saturated carbocycles. The Labute approximate surface area is 123 Å². The average Bonchev–Trinajstić information content (AvgIpc) is 2.49. The molecule has 3 rings (SSSR count). The maximum Gasteiger partial charge on any atom is 0.252 e. The van der Waals surface area contributed by atoms with Crippen LogP contribution in [0, 0.1) is 0 Å². The number of likely N-dealkylation sites (N-methyl/N-ethyl adjacent to an activating group) is 1. The first-order chi connectivity index (χ1) is 10.1. The van der Waals surface area contributed by atoms with Gasteiger partial charge in [-0.05, 0) is 24.6 Å². The molecule has 0 aromatic heterocycles. The molecule has 0 bridgehead atoms. The zero-order valence-corrected chi connectivity index (χ0v) is 12.3. The summed E-state index contributed by atoms with van der Waals surface area (Å²) in [5.41, 5.74) is 1.85. The van der Waals surface area contributed by atoms with Crippen molar-refractivity contribution in [1.82, 2.24) is 5.32 Å². The van der Waals surface area contributed by atoms with E-state index in [2.05, 4.69) is 10.2 Å². The molecule has 2 aliphatic heterocycles. The lowest BCUT2D eigenvalue weighted by atomic mass is 10.1. The van der Waals surface area contributed by atoms with E-state index in [1.54, 1.807) is 11.9 Å². The van der Waals surface area contributed by atoms with Crippen LogP contribution in [0.4, 0.5) is 11.4 Å². The number of benzene rings is 1. The van der Waals surface area contributed by atoms with Crippen molar-refractivity contribution in [1.29, 1.82) is 0 Å². The highest BCUT2D eigenvalue weighted by Gasteiger charge is 2.30. The van der Waals surface area contributed by atoms with Gasteiger partial charge in [-0.3, -0.25) is 9.59 Å². The van der Waals surface area contributed by atoms with Gasteiger partial charge >= 0.3 is 0 Å². The van der Waals surface area contributed by atoms with Crippen molar-refractivity contribution in [3.63, 3.8) is 0 Å². The normalized spacial score (nSPS) is 21.0. The number of nitrogens with zero attached hydrogens (tertiary/aromatic N) is 2. The van der Waals surface area contributed by atoms with Gasteiger partial charge in [0.1, 0.15) is 18.4 Å². The van der Waals surface area contributed by atoms with E-state index in [0.29, 0.717) is 5.75 Å². The van der Waals surface area contributed by atoms with Crippen LogP contribution in [-0.2, 0) is 9.59 Å². The number of anilines is 2. The summed E-state index contributed by atoms with van der Waals surface area (Å²) >= 11 is 0. The summed E-state index contributed by atoms with van der Waals surface area (Å²) < 4.78 is 5.69. The molecule has 1 aromatic carbocycles. The van der Waals surface area contributed by atoms with Crippen LogP contribution in [-0.4, -0.2) is 44.6 Å². The molecule has 2 aliphatic rings. The topological polar surface area (TPSA) is 61.9 Å². The number of hydrogen-bond acceptors (Lipinski definition) is 4. The van der Waals surface area contributed by atoms with Crippen molar-refractivity contribution in [2.24, 2.45) is 0 Å². The second kappa shape index (κ2) is 5.27. The number of hydrogen-bond donors (Lipinski definition) is 1. The Morgan fingerprint density at radius 2 is 2.14 bits per heavy atom. The van der Waals surface area contributed by atoms with Gasteiger partial charge in [0.25, 0.3) is 5.91 Å². The monoisotopic (exact) mass is 289 g/mol. The van der Waals surface area contributed by atoms with Crippen LogP contribution in [0.25, 0.3) is 0 Å². The van der Waals surface area contributed by atoms with E-state index in [9.17, 15) is 9.59 Å². The van der Waals surface area contributed by atoms with Crippen molar-refractivity contribution >= 4 is 23.2 Å². The minimum absolute atomic E-state index is 0.152. The smallest absolute Gasteiger partial charge is 0.252 e. The third-order valence-electron chi connectivity index (χ3n) is 3.94. The van der Waals surface area contributed by atoms with Gasteiger partial charge in [0.2, 0.25) is 5.91 Å². The summed E-state index contributed by atoms with van der Waals surface area (Å²) in [6, 6.07) is 5.23. The molecule has 2 heterocycles. The van der Waals surface area contributed by atoms with Crippen molar-refractivity contribution in [2.75, 3.05) is 36.5 Å². The standard InChI is InChI=1S/C15H19N3O3/c1-10(19)16-12-9-21-14-5-4-11(18-6-3-7-18)8-13(14)17(2)15(12)20/h4-5,8,12H,3,6-7,9H2,1-2H3,(H,16,19). The van der Waals surface area contributed by atoms with E-state index in [1.807, 2.05) is 18.2 Å². The third-order valence-corrected chi connectivity index (χ3v) is 3.94. The van der Waals surface area contributed by atoms with Gasteiger partial charge in [-0.2, -0.15) is 0 Å². The Bertz CT molecular complexity index is 584. The highest BCUT2D eigenvalue weighted by molar-refractivity contribution is 6.00. The molecule has 1 N–H and O–H groups in total. The molecule has 112 valence electrons. The molecule has 2 amide bonds. The molecular weight excluding hydrogens is 270 g/mol. The minimum atomic E-state index is -0.646. The van der Waals surface area contributed by atoms with Crippen LogP contribution >= 0.6 is 0 Å². The minimum Gasteiger partial charge on any atom is -0.489 e. The van der Waals surface area contributed by atoms with Gasteiger partial charge in [0, 0.05) is 32.7 Å². The van der Waals surface area contributed by atoms with Crippen molar-refractivity contribution in [2.45, 2.75) is 19.4 Å². The summed E-state index contributed by atoms with van der Waals surface area (Å²) in [6.45, 7) is 3.64. The van der Waals surface area contributed by atoms with Crippen LogP contribution in [0.15, 0.2) is 18.2 Å². The van der Waals surface area contributed by atoms with Crippen LogP contribution in [0.2, 0.25) is 0 Å². The van der Waals surface area contributed by atoms with Gasteiger partial charge < -0.3 is 19.9 Å². The fourth-order valence-electron chi connectivity index (χ4n) is 2.61. The number of amides is 2. The van der Waals surface area contributed by atoms with Gasteiger partial charge in [-0.1, -0.05) is 0 Å². The van der Waals surface area contributed by atoms with Crippen molar-refractivity contribution in [3.8, 4) is 5.75 Å². The number of ether oxygens (including phenoxy) is 1.